The number of carbonyl (C=O) groups is 1. The minimum atomic E-state index is -0.0416. The molecule has 3 N–H and O–H groups in total. The fourth-order valence-corrected chi connectivity index (χ4v) is 5.05. The first-order chi connectivity index (χ1) is 18.1. The summed E-state index contributed by atoms with van der Waals surface area (Å²) in [6, 6.07) is 7.56. The van der Waals surface area contributed by atoms with Crippen LogP contribution in [-0.2, 0) is 16.8 Å². The van der Waals surface area contributed by atoms with Gasteiger partial charge in [-0.05, 0) is 38.2 Å². The smallest absolute Gasteiger partial charge is 0.228 e. The van der Waals surface area contributed by atoms with Gasteiger partial charge in [0.2, 0.25) is 5.91 Å². The van der Waals surface area contributed by atoms with E-state index in [1.165, 1.54) is 43.9 Å². The summed E-state index contributed by atoms with van der Waals surface area (Å²) in [5.74, 6) is 2.20. The van der Waals surface area contributed by atoms with Gasteiger partial charge in [0.1, 0.15) is 28.9 Å². The summed E-state index contributed by atoms with van der Waals surface area (Å²) in [6.07, 6.45) is 11.3. The van der Waals surface area contributed by atoms with Gasteiger partial charge in [0.15, 0.2) is 17.4 Å². The van der Waals surface area contributed by atoms with Gasteiger partial charge in [-0.3, -0.25) is 9.48 Å². The standard InChI is InChI=1S/C26H27N9O2/c1-28-23-18(13-27)19(37-17-5-9-29-21(11-17)33-25(36)16-3-4-16)14-30-24(23)32-15-31-22-12-20-26(6-2-7-26)8-10-35(20)34-22/h5,9,11-12,14-16,28H,2-4,6-8,10H2,1H3,(H,29,33,36)(H,30,31,32,34). The van der Waals surface area contributed by atoms with Gasteiger partial charge in [0, 0.05) is 48.9 Å². The van der Waals surface area contributed by atoms with E-state index in [1.54, 1.807) is 25.4 Å². The maximum atomic E-state index is 12.0. The number of amides is 1. The molecule has 3 aliphatic rings. The van der Waals surface area contributed by atoms with Crippen LogP contribution in [0.2, 0.25) is 0 Å². The van der Waals surface area contributed by atoms with Crippen LogP contribution < -0.4 is 20.7 Å². The second-order valence-electron chi connectivity index (χ2n) is 9.72. The zero-order valence-corrected chi connectivity index (χ0v) is 20.5. The molecule has 0 bridgehead atoms. The van der Waals surface area contributed by atoms with Crippen molar-refractivity contribution in [2.75, 3.05) is 23.0 Å². The van der Waals surface area contributed by atoms with Crippen molar-refractivity contribution in [3.63, 3.8) is 0 Å². The van der Waals surface area contributed by atoms with Crippen molar-refractivity contribution in [2.24, 2.45) is 10.9 Å². The number of nitrogens with one attached hydrogen (secondary N) is 3. The number of anilines is 3. The van der Waals surface area contributed by atoms with E-state index < -0.39 is 0 Å². The second-order valence-corrected chi connectivity index (χ2v) is 9.72. The van der Waals surface area contributed by atoms with Crippen molar-refractivity contribution in [3.05, 3.63) is 41.9 Å². The normalized spacial score (nSPS) is 17.2. The number of pyridine rings is 2. The second kappa shape index (κ2) is 9.20. The molecule has 0 unspecified atom stereocenters. The summed E-state index contributed by atoms with van der Waals surface area (Å²) in [7, 11) is 1.70. The number of carbonyl (C=O) groups excluding carboxylic acids is 1. The molecule has 188 valence electrons. The zero-order valence-electron chi connectivity index (χ0n) is 20.5. The molecule has 3 aromatic rings. The molecule has 0 radical (unpaired) electrons. The first-order valence-corrected chi connectivity index (χ1v) is 12.5. The van der Waals surface area contributed by atoms with Crippen molar-refractivity contribution >= 4 is 35.4 Å². The SMILES string of the molecule is CNc1c(/N=C/Nc2cc3n(n2)CCC32CCC2)ncc(Oc2ccnc(NC(=O)C3CC3)c2)c1C#N. The number of aromatic nitrogens is 4. The van der Waals surface area contributed by atoms with Crippen LogP contribution in [0.4, 0.5) is 23.1 Å². The summed E-state index contributed by atoms with van der Waals surface area (Å²) in [6.45, 7) is 0.957. The van der Waals surface area contributed by atoms with E-state index in [9.17, 15) is 10.1 Å². The number of rotatable bonds is 8. The monoisotopic (exact) mass is 497 g/mol. The van der Waals surface area contributed by atoms with Gasteiger partial charge in [-0.1, -0.05) is 6.42 Å². The first-order valence-electron chi connectivity index (χ1n) is 12.5. The highest BCUT2D eigenvalue weighted by molar-refractivity contribution is 5.93. The van der Waals surface area contributed by atoms with Crippen LogP contribution in [-0.4, -0.2) is 39.0 Å². The fraction of sp³-hybridized carbons (Fsp3) is 0.385. The van der Waals surface area contributed by atoms with Gasteiger partial charge < -0.3 is 20.7 Å². The summed E-state index contributed by atoms with van der Waals surface area (Å²) >= 11 is 0. The van der Waals surface area contributed by atoms with E-state index in [4.69, 9.17) is 4.74 Å². The van der Waals surface area contributed by atoms with Crippen LogP contribution in [0, 0.1) is 17.2 Å². The van der Waals surface area contributed by atoms with Crippen LogP contribution >= 0.6 is 0 Å². The Morgan fingerprint density at radius 1 is 1.27 bits per heavy atom. The molecule has 6 rings (SSSR count). The molecule has 1 spiro atoms. The lowest BCUT2D eigenvalue weighted by Gasteiger charge is -2.37. The van der Waals surface area contributed by atoms with Crippen LogP contribution in [0.3, 0.4) is 0 Å². The third-order valence-corrected chi connectivity index (χ3v) is 7.38. The fourth-order valence-electron chi connectivity index (χ4n) is 5.05. The van der Waals surface area contributed by atoms with Crippen molar-refractivity contribution in [2.45, 2.75) is 50.5 Å². The van der Waals surface area contributed by atoms with E-state index >= 15 is 0 Å². The number of ether oxygens (including phenoxy) is 1. The Kier molecular flexibility index (Phi) is 5.71. The van der Waals surface area contributed by atoms with Crippen LogP contribution in [0.25, 0.3) is 0 Å². The van der Waals surface area contributed by atoms with Crippen LogP contribution in [0.5, 0.6) is 11.5 Å². The molecule has 1 aliphatic heterocycles. The Hall–Kier alpha value is -4.46. The van der Waals surface area contributed by atoms with Crippen LogP contribution in [0.1, 0.15) is 49.8 Å². The number of aliphatic imine (C=N–C) groups is 1. The lowest BCUT2D eigenvalue weighted by Crippen LogP contribution is -2.31. The molecule has 11 heteroatoms. The van der Waals surface area contributed by atoms with Crippen molar-refractivity contribution in [1.29, 1.82) is 5.26 Å². The lowest BCUT2D eigenvalue weighted by atomic mass is 9.66. The minimum Gasteiger partial charge on any atom is -0.454 e. The Labute approximate surface area is 214 Å². The largest absolute Gasteiger partial charge is 0.454 e. The number of nitrogens with zero attached hydrogens (tertiary/aromatic N) is 6. The highest BCUT2D eigenvalue weighted by Gasteiger charge is 2.45. The molecule has 1 amide bonds. The molecule has 0 atom stereocenters. The highest BCUT2D eigenvalue weighted by atomic mass is 16.5. The molecule has 2 aliphatic carbocycles. The summed E-state index contributed by atoms with van der Waals surface area (Å²) in [5.41, 5.74) is 2.33. The van der Waals surface area contributed by atoms with Crippen molar-refractivity contribution in [1.82, 2.24) is 19.7 Å². The number of fused-ring (bicyclic) bond motifs is 2. The molecule has 37 heavy (non-hydrogen) atoms. The van der Waals surface area contributed by atoms with Gasteiger partial charge in [-0.2, -0.15) is 10.4 Å². The maximum absolute atomic E-state index is 12.0. The van der Waals surface area contributed by atoms with E-state index in [0.29, 0.717) is 28.5 Å². The summed E-state index contributed by atoms with van der Waals surface area (Å²) in [5, 5.41) is 23.5. The van der Waals surface area contributed by atoms with Gasteiger partial charge in [0.05, 0.1) is 12.5 Å². The molecule has 11 nitrogen and oxygen atoms in total. The predicted molar refractivity (Wildman–Crippen MR) is 138 cm³/mol. The van der Waals surface area contributed by atoms with Gasteiger partial charge in [0.25, 0.3) is 0 Å². The Morgan fingerprint density at radius 2 is 2.14 bits per heavy atom. The molecular weight excluding hydrogens is 470 g/mol. The molecule has 0 aromatic carbocycles. The van der Waals surface area contributed by atoms with Crippen molar-refractivity contribution < 1.29 is 9.53 Å². The summed E-state index contributed by atoms with van der Waals surface area (Å²) in [4.78, 5) is 25.0. The molecule has 4 heterocycles. The van der Waals surface area contributed by atoms with E-state index in [-0.39, 0.29) is 23.1 Å². The Balaban J connectivity index is 1.17. The number of aryl methyl sites for hydroxylation is 1. The van der Waals surface area contributed by atoms with Gasteiger partial charge >= 0.3 is 0 Å². The van der Waals surface area contributed by atoms with E-state index in [0.717, 1.165) is 25.2 Å². The molecule has 2 fully saturated rings. The maximum Gasteiger partial charge on any atom is 0.228 e. The molecule has 2 saturated carbocycles. The van der Waals surface area contributed by atoms with Gasteiger partial charge in [-0.15, -0.1) is 0 Å². The number of hydrogen-bond acceptors (Lipinski definition) is 8. The number of nitriles is 1. The van der Waals surface area contributed by atoms with E-state index in [2.05, 4.69) is 52.8 Å². The lowest BCUT2D eigenvalue weighted by molar-refractivity contribution is -0.117. The third kappa shape index (κ3) is 4.35. The van der Waals surface area contributed by atoms with Crippen LogP contribution in [0.15, 0.2) is 35.6 Å². The highest BCUT2D eigenvalue weighted by Crippen LogP contribution is 2.50. The topological polar surface area (TPSA) is 142 Å². The quantitative estimate of drug-likeness (QED) is 0.308. The summed E-state index contributed by atoms with van der Waals surface area (Å²) < 4.78 is 8.04. The van der Waals surface area contributed by atoms with Crippen molar-refractivity contribution in [3.8, 4) is 17.6 Å². The third-order valence-electron chi connectivity index (χ3n) is 7.38. The average molecular weight is 498 g/mol. The minimum absolute atomic E-state index is 0.0416. The Morgan fingerprint density at radius 3 is 2.86 bits per heavy atom. The average Bonchev–Trinajstić information content (AvgIpc) is 3.56. The first kappa shape index (κ1) is 23.0. The van der Waals surface area contributed by atoms with E-state index in [1.807, 2.05) is 0 Å². The molecular formula is C26H27N9O2. The molecule has 3 aromatic heterocycles. The van der Waals surface area contributed by atoms with Gasteiger partial charge in [-0.25, -0.2) is 15.0 Å². The predicted octanol–water partition coefficient (Wildman–Crippen LogP) is 4.32. The zero-order chi connectivity index (χ0) is 25.4. The Bertz CT molecular complexity index is 1430. The number of hydrogen-bond donors (Lipinski definition) is 3. The molecule has 0 saturated heterocycles.